The van der Waals surface area contributed by atoms with E-state index in [1.165, 1.54) is 7.05 Å². The number of pyridine rings is 1. The topological polar surface area (TPSA) is 118 Å². The Morgan fingerprint density at radius 3 is 2.77 bits per heavy atom. The molecule has 3 heterocycles. The van der Waals surface area contributed by atoms with E-state index in [4.69, 9.17) is 5.73 Å². The Bertz CT molecular complexity index is 914. The third-order valence-corrected chi connectivity index (χ3v) is 4.10. The van der Waals surface area contributed by atoms with Crippen molar-refractivity contribution in [2.24, 2.45) is 10.7 Å². The number of nitrogens with one attached hydrogen (secondary N) is 1. The molecule has 2 aromatic rings. The van der Waals surface area contributed by atoms with E-state index in [0.717, 1.165) is 12.6 Å². The van der Waals surface area contributed by atoms with Gasteiger partial charge in [0.25, 0.3) is 11.8 Å². The number of nitrogens with zero attached hydrogens (tertiary/aromatic N) is 5. The molecule has 9 nitrogen and oxygen atoms in total. The fourth-order valence-electron chi connectivity index (χ4n) is 2.57. The van der Waals surface area contributed by atoms with Crippen LogP contribution in [0.1, 0.15) is 6.42 Å². The minimum atomic E-state index is -0.510. The Labute approximate surface area is 151 Å². The molecule has 0 unspecified atom stereocenters. The van der Waals surface area contributed by atoms with Crippen LogP contribution in [0.3, 0.4) is 0 Å². The molecule has 0 bridgehead atoms. The van der Waals surface area contributed by atoms with Crippen molar-refractivity contribution < 1.29 is 9.59 Å². The highest BCUT2D eigenvalue weighted by Crippen LogP contribution is 2.14. The van der Waals surface area contributed by atoms with Crippen LogP contribution in [0.4, 0.5) is 5.69 Å². The number of amides is 2. The largest absolute Gasteiger partial charge is 0.404 e. The normalized spacial score (nSPS) is 14.9. The first kappa shape index (κ1) is 17.7. The molecule has 3 rings (SSSR count). The highest BCUT2D eigenvalue weighted by molar-refractivity contribution is 6.54. The molecule has 2 aromatic heterocycles. The molecule has 0 aromatic carbocycles. The second-order valence-corrected chi connectivity index (χ2v) is 5.73. The molecular formula is C16H19BN7O2. The summed E-state index contributed by atoms with van der Waals surface area (Å²) in [6.07, 6.45) is 3.77. The van der Waals surface area contributed by atoms with Crippen molar-refractivity contribution in [3.05, 3.63) is 30.1 Å². The quantitative estimate of drug-likeness (QED) is 0.415. The van der Waals surface area contributed by atoms with Gasteiger partial charge in [0.2, 0.25) is 7.28 Å². The zero-order chi connectivity index (χ0) is 18.7. The van der Waals surface area contributed by atoms with Gasteiger partial charge in [-0.25, -0.2) is 9.50 Å². The molecule has 1 aliphatic heterocycles. The minimum Gasteiger partial charge on any atom is -0.404 e. The summed E-state index contributed by atoms with van der Waals surface area (Å²) in [6.45, 7) is 3.17. The minimum absolute atomic E-state index is 0.00618. The smallest absolute Gasteiger partial charge is 0.274 e. The monoisotopic (exact) mass is 352 g/mol. The van der Waals surface area contributed by atoms with Gasteiger partial charge in [0, 0.05) is 44.3 Å². The van der Waals surface area contributed by atoms with E-state index < -0.39 is 5.91 Å². The highest BCUT2D eigenvalue weighted by atomic mass is 16.2. The summed E-state index contributed by atoms with van der Waals surface area (Å²) in [5.74, 6) is -0.797. The van der Waals surface area contributed by atoms with Gasteiger partial charge in [0.05, 0.1) is 5.57 Å². The lowest BCUT2D eigenvalue weighted by Gasteiger charge is -2.31. The summed E-state index contributed by atoms with van der Waals surface area (Å²) in [7, 11) is 3.24. The molecule has 1 fully saturated rings. The van der Waals surface area contributed by atoms with E-state index in [1.807, 2.05) is 6.82 Å². The van der Waals surface area contributed by atoms with Crippen molar-refractivity contribution in [3.63, 3.8) is 0 Å². The lowest BCUT2D eigenvalue weighted by Crippen LogP contribution is -2.45. The van der Waals surface area contributed by atoms with Gasteiger partial charge in [0.15, 0.2) is 5.65 Å². The molecule has 1 radical (unpaired) electrons. The third kappa shape index (κ3) is 3.30. The first-order chi connectivity index (χ1) is 12.6. The van der Waals surface area contributed by atoms with Crippen molar-refractivity contribution in [2.75, 3.05) is 25.5 Å². The van der Waals surface area contributed by atoms with Crippen LogP contribution in [0.25, 0.3) is 5.65 Å². The number of carbonyl (C=O) groups excluding carboxylic acids is 2. The SMILES string of the molecule is C[B]c1nc2cc(NC(=O)C(=NC)C(=CN)C(=O)N3CCC3)ccn2n1. The number of aromatic nitrogens is 3. The average Bonchev–Trinajstić information content (AvgIpc) is 3.00. The van der Waals surface area contributed by atoms with Crippen LogP contribution in [0, 0.1) is 0 Å². The van der Waals surface area contributed by atoms with Gasteiger partial charge in [-0.15, -0.1) is 0 Å². The number of nitrogens with two attached hydrogens (primary N) is 1. The molecule has 1 aliphatic rings. The van der Waals surface area contributed by atoms with Gasteiger partial charge >= 0.3 is 0 Å². The maximum Gasteiger partial charge on any atom is 0.274 e. The van der Waals surface area contributed by atoms with Gasteiger partial charge in [-0.2, -0.15) is 5.10 Å². The molecular weight excluding hydrogens is 333 g/mol. The molecule has 0 spiro atoms. The molecule has 26 heavy (non-hydrogen) atoms. The number of fused-ring (bicyclic) bond motifs is 1. The van der Waals surface area contributed by atoms with E-state index in [1.54, 1.807) is 35.0 Å². The van der Waals surface area contributed by atoms with Crippen molar-refractivity contribution in [1.29, 1.82) is 0 Å². The summed E-state index contributed by atoms with van der Waals surface area (Å²) in [4.78, 5) is 34.9. The van der Waals surface area contributed by atoms with Crippen LogP contribution in [-0.4, -0.2) is 64.4 Å². The Kier molecular flexibility index (Phi) is 5.01. The van der Waals surface area contributed by atoms with Gasteiger partial charge in [-0.3, -0.25) is 14.6 Å². The summed E-state index contributed by atoms with van der Waals surface area (Å²) in [6, 6.07) is 3.38. The second-order valence-electron chi connectivity index (χ2n) is 5.73. The fraction of sp³-hybridized carbons (Fsp3) is 0.312. The number of hydrogen-bond donors (Lipinski definition) is 2. The standard InChI is InChI=1S/C16H19BN7O2/c1-17-16-21-12-8-10(4-7-24(12)22-16)20-14(25)13(19-2)11(9-18)15(26)23-5-3-6-23/h4,7-9H,3,5-6,18H2,1-2H3,(H,20,25). The lowest BCUT2D eigenvalue weighted by atomic mass is 9.82. The molecule has 0 atom stereocenters. The summed E-state index contributed by atoms with van der Waals surface area (Å²) in [5.41, 5.74) is 7.39. The molecule has 1 saturated heterocycles. The van der Waals surface area contributed by atoms with Crippen LogP contribution in [0.2, 0.25) is 6.82 Å². The number of rotatable bonds is 5. The van der Waals surface area contributed by atoms with E-state index >= 15 is 0 Å². The number of anilines is 1. The van der Waals surface area contributed by atoms with Crippen LogP contribution in [0.5, 0.6) is 0 Å². The van der Waals surface area contributed by atoms with Crippen molar-refractivity contribution >= 4 is 41.9 Å². The molecule has 10 heteroatoms. The van der Waals surface area contributed by atoms with Crippen LogP contribution >= 0.6 is 0 Å². The van der Waals surface area contributed by atoms with E-state index in [-0.39, 0.29) is 17.2 Å². The first-order valence-electron chi connectivity index (χ1n) is 8.23. The van der Waals surface area contributed by atoms with Crippen molar-refractivity contribution in [3.8, 4) is 0 Å². The van der Waals surface area contributed by atoms with Gasteiger partial charge in [-0.05, 0) is 12.5 Å². The maximum atomic E-state index is 12.6. The van der Waals surface area contributed by atoms with E-state index in [0.29, 0.717) is 30.1 Å². The van der Waals surface area contributed by atoms with Gasteiger partial charge in [0.1, 0.15) is 11.4 Å². The Hall–Kier alpha value is -3.17. The fourth-order valence-corrected chi connectivity index (χ4v) is 2.57. The highest BCUT2D eigenvalue weighted by Gasteiger charge is 2.29. The van der Waals surface area contributed by atoms with Crippen molar-refractivity contribution in [1.82, 2.24) is 19.5 Å². The number of aliphatic imine (C=N–C) groups is 1. The first-order valence-corrected chi connectivity index (χ1v) is 8.23. The van der Waals surface area contributed by atoms with Gasteiger partial charge < -0.3 is 16.0 Å². The van der Waals surface area contributed by atoms with Crippen LogP contribution < -0.4 is 16.8 Å². The van der Waals surface area contributed by atoms with Gasteiger partial charge in [-0.1, -0.05) is 6.82 Å². The Morgan fingerprint density at radius 2 is 2.19 bits per heavy atom. The lowest BCUT2D eigenvalue weighted by molar-refractivity contribution is -0.130. The zero-order valence-corrected chi connectivity index (χ0v) is 14.6. The summed E-state index contributed by atoms with van der Waals surface area (Å²) < 4.78 is 1.61. The van der Waals surface area contributed by atoms with E-state index in [2.05, 4.69) is 20.4 Å². The predicted octanol–water partition coefficient (Wildman–Crippen LogP) is -0.809. The predicted molar refractivity (Wildman–Crippen MR) is 99.7 cm³/mol. The van der Waals surface area contributed by atoms with Crippen molar-refractivity contribution in [2.45, 2.75) is 13.2 Å². The zero-order valence-electron chi connectivity index (χ0n) is 14.6. The Morgan fingerprint density at radius 1 is 1.42 bits per heavy atom. The van der Waals surface area contributed by atoms with Crippen LogP contribution in [-0.2, 0) is 9.59 Å². The summed E-state index contributed by atoms with van der Waals surface area (Å²) >= 11 is 0. The molecule has 0 saturated carbocycles. The summed E-state index contributed by atoms with van der Waals surface area (Å²) in [5, 5.41) is 6.97. The molecule has 3 N–H and O–H groups in total. The molecule has 2 amide bonds. The second kappa shape index (κ2) is 7.38. The Balaban J connectivity index is 1.79. The van der Waals surface area contributed by atoms with E-state index in [9.17, 15) is 9.59 Å². The number of hydrogen-bond acceptors (Lipinski definition) is 6. The third-order valence-electron chi connectivity index (χ3n) is 4.10. The molecule has 133 valence electrons. The molecule has 0 aliphatic carbocycles. The average molecular weight is 352 g/mol. The maximum absolute atomic E-state index is 12.6. The number of carbonyl (C=O) groups is 2. The number of likely N-dealkylation sites (tertiary alicyclic amines) is 1. The van der Waals surface area contributed by atoms with Crippen LogP contribution in [0.15, 0.2) is 35.1 Å².